The minimum absolute atomic E-state index is 0.147. The first-order valence-electron chi connectivity index (χ1n) is 7.28. The van der Waals surface area contributed by atoms with Gasteiger partial charge >= 0.3 is 0 Å². The zero-order valence-electron chi connectivity index (χ0n) is 13.5. The number of halogens is 1. The molecule has 2 aromatic carbocycles. The molecule has 2 aromatic rings. The molecule has 0 saturated carbocycles. The number of benzene rings is 2. The Balaban J connectivity index is 2.22. The van der Waals surface area contributed by atoms with Gasteiger partial charge in [-0.2, -0.15) is 0 Å². The Morgan fingerprint density at radius 3 is 2.52 bits per heavy atom. The van der Waals surface area contributed by atoms with Crippen molar-refractivity contribution in [2.24, 2.45) is 5.73 Å². The van der Waals surface area contributed by atoms with Crippen LogP contribution in [0.4, 0.5) is 0 Å². The second-order valence-corrected chi connectivity index (χ2v) is 6.60. The van der Waals surface area contributed by atoms with Crippen LogP contribution < -0.4 is 10.5 Å². The highest BCUT2D eigenvalue weighted by Gasteiger charge is 2.33. The van der Waals surface area contributed by atoms with Crippen molar-refractivity contribution in [3.8, 4) is 5.75 Å². The van der Waals surface area contributed by atoms with Crippen LogP contribution in [0.15, 0.2) is 53.0 Å². The van der Waals surface area contributed by atoms with Gasteiger partial charge in [0, 0.05) is 23.6 Å². The van der Waals surface area contributed by atoms with Crippen molar-refractivity contribution in [2.45, 2.75) is 19.0 Å². The maximum atomic E-state index is 12.8. The molecule has 1 unspecified atom stereocenters. The number of carbonyl (C=O) groups is 1. The number of nitrogens with two attached hydrogens (primary N) is 1. The number of nitrogens with zero attached hydrogens (tertiary/aromatic N) is 1. The zero-order valence-corrected chi connectivity index (χ0v) is 15.1. The lowest BCUT2D eigenvalue weighted by molar-refractivity contribution is -0.136. The van der Waals surface area contributed by atoms with E-state index in [2.05, 4.69) is 15.9 Å². The summed E-state index contributed by atoms with van der Waals surface area (Å²) >= 11 is 3.44. The Morgan fingerprint density at radius 1 is 1.26 bits per heavy atom. The van der Waals surface area contributed by atoms with Gasteiger partial charge in [-0.25, -0.2) is 0 Å². The van der Waals surface area contributed by atoms with Crippen molar-refractivity contribution < 1.29 is 9.53 Å². The molecular formula is C18H21BrN2O2. The van der Waals surface area contributed by atoms with Crippen LogP contribution in [0.3, 0.4) is 0 Å². The highest BCUT2D eigenvalue weighted by atomic mass is 79.9. The molecule has 0 aliphatic rings. The molecule has 1 amide bonds. The first kappa shape index (κ1) is 17.5. The first-order valence-corrected chi connectivity index (χ1v) is 8.08. The van der Waals surface area contributed by atoms with Gasteiger partial charge < -0.3 is 15.4 Å². The Bertz CT molecular complexity index is 687. The molecule has 1 atom stereocenters. The van der Waals surface area contributed by atoms with E-state index >= 15 is 0 Å². The molecule has 2 N–H and O–H groups in total. The SMILES string of the molecule is COc1ccc(Br)cc1CN(C)C(=O)C(C)(N)c1ccccc1. The summed E-state index contributed by atoms with van der Waals surface area (Å²) in [7, 11) is 3.36. The van der Waals surface area contributed by atoms with Crippen LogP contribution in [0.1, 0.15) is 18.1 Å². The zero-order chi connectivity index (χ0) is 17.0. The van der Waals surface area contributed by atoms with Gasteiger partial charge in [0.25, 0.3) is 0 Å². The van der Waals surface area contributed by atoms with Gasteiger partial charge in [-0.15, -0.1) is 0 Å². The van der Waals surface area contributed by atoms with Crippen molar-refractivity contribution in [3.63, 3.8) is 0 Å². The average molecular weight is 377 g/mol. The van der Waals surface area contributed by atoms with Gasteiger partial charge in [0.2, 0.25) is 5.91 Å². The van der Waals surface area contributed by atoms with Crippen molar-refractivity contribution >= 4 is 21.8 Å². The number of carbonyl (C=O) groups excluding carboxylic acids is 1. The fourth-order valence-corrected chi connectivity index (χ4v) is 2.91. The minimum atomic E-state index is -1.07. The summed E-state index contributed by atoms with van der Waals surface area (Å²) in [6, 6.07) is 15.1. The molecule has 5 heteroatoms. The molecule has 0 spiro atoms. The Hall–Kier alpha value is -1.85. The molecule has 122 valence electrons. The number of hydrogen-bond donors (Lipinski definition) is 1. The van der Waals surface area contributed by atoms with Crippen molar-refractivity contribution in [1.82, 2.24) is 4.90 Å². The van der Waals surface area contributed by atoms with Gasteiger partial charge in [-0.3, -0.25) is 4.79 Å². The summed E-state index contributed by atoms with van der Waals surface area (Å²) < 4.78 is 6.30. The molecule has 0 radical (unpaired) electrons. The predicted molar refractivity (Wildman–Crippen MR) is 95.1 cm³/mol. The number of amides is 1. The van der Waals surface area contributed by atoms with Crippen LogP contribution in [0.25, 0.3) is 0 Å². The fraction of sp³-hybridized carbons (Fsp3) is 0.278. The van der Waals surface area contributed by atoms with Crippen LogP contribution in [0.2, 0.25) is 0 Å². The van der Waals surface area contributed by atoms with Crippen molar-refractivity contribution in [1.29, 1.82) is 0 Å². The van der Waals surface area contributed by atoms with E-state index in [-0.39, 0.29) is 5.91 Å². The molecule has 0 saturated heterocycles. The van der Waals surface area contributed by atoms with E-state index in [1.807, 2.05) is 48.5 Å². The van der Waals surface area contributed by atoms with E-state index in [0.717, 1.165) is 21.3 Å². The molecule has 23 heavy (non-hydrogen) atoms. The van der Waals surface area contributed by atoms with E-state index in [1.54, 1.807) is 26.0 Å². The summed E-state index contributed by atoms with van der Waals surface area (Å²) in [6.07, 6.45) is 0. The van der Waals surface area contributed by atoms with Gasteiger partial charge in [0.1, 0.15) is 11.3 Å². The number of methoxy groups -OCH3 is 1. The number of ether oxygens (including phenoxy) is 1. The highest BCUT2D eigenvalue weighted by molar-refractivity contribution is 9.10. The minimum Gasteiger partial charge on any atom is -0.496 e. The Kier molecular flexibility index (Phi) is 5.44. The molecule has 0 aliphatic carbocycles. The third-order valence-electron chi connectivity index (χ3n) is 3.81. The number of rotatable bonds is 5. The molecular weight excluding hydrogens is 356 g/mol. The van der Waals surface area contributed by atoms with E-state index in [0.29, 0.717) is 6.54 Å². The number of hydrogen-bond acceptors (Lipinski definition) is 3. The lowest BCUT2D eigenvalue weighted by atomic mass is 9.91. The van der Waals surface area contributed by atoms with E-state index in [9.17, 15) is 4.79 Å². The van der Waals surface area contributed by atoms with Crippen LogP contribution in [0.5, 0.6) is 5.75 Å². The number of likely N-dealkylation sites (N-methyl/N-ethyl adjacent to an activating group) is 1. The van der Waals surface area contributed by atoms with Gasteiger partial charge in [0.15, 0.2) is 0 Å². The normalized spacial score (nSPS) is 13.3. The maximum absolute atomic E-state index is 12.8. The summed E-state index contributed by atoms with van der Waals surface area (Å²) in [4.78, 5) is 14.4. The largest absolute Gasteiger partial charge is 0.496 e. The summed E-state index contributed by atoms with van der Waals surface area (Å²) in [5, 5.41) is 0. The van der Waals surface area contributed by atoms with Crippen molar-refractivity contribution in [2.75, 3.05) is 14.2 Å². The first-order chi connectivity index (χ1) is 10.9. The van der Waals surface area contributed by atoms with Crippen LogP contribution in [-0.2, 0) is 16.9 Å². The van der Waals surface area contributed by atoms with Crippen LogP contribution in [0, 0.1) is 0 Å². The Morgan fingerprint density at radius 2 is 1.91 bits per heavy atom. The van der Waals surface area contributed by atoms with Gasteiger partial charge in [-0.05, 0) is 30.7 Å². The molecule has 2 rings (SSSR count). The van der Waals surface area contributed by atoms with Crippen LogP contribution >= 0.6 is 15.9 Å². The standard InChI is InChI=1S/C18H21BrN2O2/c1-18(20,14-7-5-4-6-8-14)17(22)21(2)12-13-11-15(19)9-10-16(13)23-3/h4-11H,12,20H2,1-3H3. The molecule has 0 aromatic heterocycles. The van der Waals surface area contributed by atoms with E-state index < -0.39 is 5.54 Å². The highest BCUT2D eigenvalue weighted by Crippen LogP contribution is 2.26. The second-order valence-electron chi connectivity index (χ2n) is 5.69. The maximum Gasteiger partial charge on any atom is 0.247 e. The monoisotopic (exact) mass is 376 g/mol. The second kappa shape index (κ2) is 7.15. The molecule has 0 bridgehead atoms. The molecule has 0 heterocycles. The predicted octanol–water partition coefficient (Wildman–Crippen LogP) is 3.29. The molecule has 0 aliphatic heterocycles. The van der Waals surface area contributed by atoms with Crippen LogP contribution in [-0.4, -0.2) is 25.0 Å². The fourth-order valence-electron chi connectivity index (χ4n) is 2.50. The van der Waals surface area contributed by atoms with E-state index in [4.69, 9.17) is 10.5 Å². The topological polar surface area (TPSA) is 55.6 Å². The molecule has 0 fully saturated rings. The summed E-state index contributed by atoms with van der Waals surface area (Å²) in [6.45, 7) is 2.15. The van der Waals surface area contributed by atoms with E-state index in [1.165, 1.54) is 0 Å². The third kappa shape index (κ3) is 3.92. The lowest BCUT2D eigenvalue weighted by Crippen LogP contribution is -2.49. The lowest BCUT2D eigenvalue weighted by Gasteiger charge is -2.30. The van der Waals surface area contributed by atoms with Gasteiger partial charge in [0.05, 0.1) is 7.11 Å². The average Bonchev–Trinajstić information content (AvgIpc) is 2.55. The van der Waals surface area contributed by atoms with Gasteiger partial charge in [-0.1, -0.05) is 46.3 Å². The Labute approximate surface area is 145 Å². The summed E-state index contributed by atoms with van der Waals surface area (Å²) in [5.74, 6) is 0.594. The smallest absolute Gasteiger partial charge is 0.247 e. The summed E-state index contributed by atoms with van der Waals surface area (Å²) in [5.41, 5.74) is 6.94. The van der Waals surface area contributed by atoms with Crippen molar-refractivity contribution in [3.05, 3.63) is 64.1 Å². The molecule has 4 nitrogen and oxygen atoms in total. The third-order valence-corrected chi connectivity index (χ3v) is 4.31. The quantitative estimate of drug-likeness (QED) is 0.870.